The summed E-state index contributed by atoms with van der Waals surface area (Å²) in [6.07, 6.45) is 3.80. The van der Waals surface area contributed by atoms with Crippen LogP contribution in [0.2, 0.25) is 0 Å². The van der Waals surface area contributed by atoms with Crippen LogP contribution in [0.3, 0.4) is 0 Å². The second kappa shape index (κ2) is 12.2. The molecule has 206 valence electrons. The summed E-state index contributed by atoms with van der Waals surface area (Å²) < 4.78 is 16.4. The van der Waals surface area contributed by atoms with Gasteiger partial charge in [-0.05, 0) is 48.9 Å². The fraction of sp³-hybridized carbons (Fsp3) is 0.303. The third-order valence-corrected chi connectivity index (χ3v) is 7.60. The Morgan fingerprint density at radius 2 is 1.50 bits per heavy atom. The van der Waals surface area contributed by atoms with Crippen LogP contribution in [0.4, 0.5) is 10.5 Å². The molecule has 0 spiro atoms. The molecule has 1 fully saturated rings. The number of hydrogen-bond donors (Lipinski definition) is 1. The molecule has 1 aromatic heterocycles. The molecule has 7 heteroatoms. The molecule has 0 atom stereocenters. The van der Waals surface area contributed by atoms with Crippen LogP contribution in [-0.4, -0.2) is 30.4 Å². The zero-order chi connectivity index (χ0) is 28.0. The van der Waals surface area contributed by atoms with Crippen molar-refractivity contribution in [3.8, 4) is 22.5 Å². The van der Waals surface area contributed by atoms with E-state index in [1.165, 1.54) is 0 Å². The Hall–Kier alpha value is -4.39. The van der Waals surface area contributed by atoms with Gasteiger partial charge >= 0.3 is 12.1 Å². The van der Waals surface area contributed by atoms with Gasteiger partial charge < -0.3 is 14.0 Å². The molecule has 7 nitrogen and oxygen atoms in total. The lowest BCUT2D eigenvalue weighted by Crippen LogP contribution is -2.34. The van der Waals surface area contributed by atoms with Crippen LogP contribution in [0.5, 0.6) is 0 Å². The highest BCUT2D eigenvalue weighted by Crippen LogP contribution is 2.43. The summed E-state index contributed by atoms with van der Waals surface area (Å²) in [5, 5.41) is 6.84. The van der Waals surface area contributed by atoms with E-state index < -0.39 is 11.5 Å². The normalized spacial score (nSPS) is 14.1. The van der Waals surface area contributed by atoms with E-state index in [9.17, 15) is 9.59 Å². The Morgan fingerprint density at radius 3 is 2.15 bits per heavy atom. The average Bonchev–Trinajstić information content (AvgIpc) is 3.62. The van der Waals surface area contributed by atoms with Crippen molar-refractivity contribution in [2.24, 2.45) is 0 Å². The summed E-state index contributed by atoms with van der Waals surface area (Å²) in [6.45, 7) is 4.29. The van der Waals surface area contributed by atoms with E-state index in [0.29, 0.717) is 30.2 Å². The second-order valence-corrected chi connectivity index (χ2v) is 10.1. The minimum absolute atomic E-state index is 0.114. The molecule has 0 radical (unpaired) electrons. The van der Waals surface area contributed by atoms with Gasteiger partial charge in [-0.2, -0.15) is 0 Å². The lowest BCUT2D eigenvalue weighted by Gasteiger charge is -2.27. The maximum Gasteiger partial charge on any atom is 0.411 e. The van der Waals surface area contributed by atoms with E-state index in [0.717, 1.165) is 53.5 Å². The van der Waals surface area contributed by atoms with Crippen molar-refractivity contribution >= 4 is 17.7 Å². The monoisotopic (exact) mass is 538 g/mol. The van der Waals surface area contributed by atoms with E-state index in [2.05, 4.69) is 34.7 Å². The number of esters is 1. The zero-order valence-electron chi connectivity index (χ0n) is 22.9. The molecular formula is C33H34N2O5. The number of anilines is 1. The summed E-state index contributed by atoms with van der Waals surface area (Å²) in [6, 6.07) is 26.0. The molecule has 0 saturated heterocycles. The summed E-state index contributed by atoms with van der Waals surface area (Å²) >= 11 is 0. The molecule has 0 aliphatic heterocycles. The molecule has 1 amide bonds. The Labute approximate surface area is 234 Å². The molecule has 1 heterocycles. The van der Waals surface area contributed by atoms with Crippen LogP contribution >= 0.6 is 0 Å². The number of hydrogen-bond acceptors (Lipinski definition) is 6. The first-order valence-electron chi connectivity index (χ1n) is 13.8. The standard InChI is InChI=1S/C33H34N2O5/c1-3-38-31(36)33(20-7-8-21-33)28-17-15-26(16-18-28)25-11-13-27(14-12-25)30-29(23(2)35-40-30)34-32(37)39-22-19-24-9-5-4-6-10-24/h4-6,9-18H,3,7-8,19-22H2,1-2H3,(H,34,37). The van der Waals surface area contributed by atoms with Gasteiger partial charge in [0, 0.05) is 12.0 Å². The van der Waals surface area contributed by atoms with E-state index in [4.69, 9.17) is 14.0 Å². The van der Waals surface area contributed by atoms with Gasteiger partial charge in [0.2, 0.25) is 0 Å². The van der Waals surface area contributed by atoms with Gasteiger partial charge in [-0.3, -0.25) is 10.1 Å². The topological polar surface area (TPSA) is 90.7 Å². The highest BCUT2D eigenvalue weighted by Gasteiger charge is 2.44. The van der Waals surface area contributed by atoms with Gasteiger partial charge in [0.05, 0.1) is 18.6 Å². The van der Waals surface area contributed by atoms with Crippen LogP contribution in [-0.2, 0) is 26.1 Å². The number of nitrogens with zero attached hydrogens (tertiary/aromatic N) is 1. The number of carbonyl (C=O) groups is 2. The number of benzene rings is 3. The smallest absolute Gasteiger partial charge is 0.411 e. The van der Waals surface area contributed by atoms with Crippen molar-refractivity contribution in [2.75, 3.05) is 18.5 Å². The Balaban J connectivity index is 1.26. The fourth-order valence-electron chi connectivity index (χ4n) is 5.41. The zero-order valence-corrected chi connectivity index (χ0v) is 22.9. The van der Waals surface area contributed by atoms with Crippen LogP contribution in [0.1, 0.15) is 49.4 Å². The third kappa shape index (κ3) is 5.78. The van der Waals surface area contributed by atoms with Crippen LogP contribution in [0.25, 0.3) is 22.5 Å². The molecule has 4 aromatic rings. The van der Waals surface area contributed by atoms with E-state index in [1.807, 2.05) is 61.5 Å². The lowest BCUT2D eigenvalue weighted by molar-refractivity contribution is -0.150. The van der Waals surface area contributed by atoms with Gasteiger partial charge in [0.15, 0.2) is 5.76 Å². The first-order valence-corrected chi connectivity index (χ1v) is 13.8. The third-order valence-electron chi connectivity index (χ3n) is 7.60. The van der Waals surface area contributed by atoms with Gasteiger partial charge in [0.1, 0.15) is 11.4 Å². The van der Waals surface area contributed by atoms with E-state index >= 15 is 0 Å². The van der Waals surface area contributed by atoms with Crippen molar-refractivity contribution in [3.63, 3.8) is 0 Å². The predicted molar refractivity (Wildman–Crippen MR) is 154 cm³/mol. The van der Waals surface area contributed by atoms with Crippen LogP contribution < -0.4 is 5.32 Å². The molecule has 1 N–H and O–H groups in total. The van der Waals surface area contributed by atoms with Crippen molar-refractivity contribution in [2.45, 2.75) is 51.4 Å². The summed E-state index contributed by atoms with van der Waals surface area (Å²) in [7, 11) is 0. The van der Waals surface area contributed by atoms with Crippen LogP contribution in [0, 0.1) is 6.92 Å². The van der Waals surface area contributed by atoms with E-state index in [1.54, 1.807) is 6.92 Å². The van der Waals surface area contributed by atoms with Crippen molar-refractivity contribution < 1.29 is 23.6 Å². The molecule has 1 aliphatic rings. The molecule has 0 unspecified atom stereocenters. The highest BCUT2D eigenvalue weighted by atomic mass is 16.5. The molecule has 40 heavy (non-hydrogen) atoms. The number of nitrogens with one attached hydrogen (secondary N) is 1. The minimum atomic E-state index is -0.553. The Morgan fingerprint density at radius 1 is 0.875 bits per heavy atom. The lowest BCUT2D eigenvalue weighted by atomic mass is 9.78. The van der Waals surface area contributed by atoms with Gasteiger partial charge in [0.25, 0.3) is 0 Å². The first kappa shape index (κ1) is 27.2. The predicted octanol–water partition coefficient (Wildman–Crippen LogP) is 7.48. The van der Waals surface area contributed by atoms with Crippen molar-refractivity contribution in [1.29, 1.82) is 0 Å². The number of ether oxygens (including phenoxy) is 2. The number of aryl methyl sites for hydroxylation is 1. The largest absolute Gasteiger partial charge is 0.465 e. The Bertz CT molecular complexity index is 1440. The maximum absolute atomic E-state index is 12.8. The average molecular weight is 539 g/mol. The Kier molecular flexibility index (Phi) is 8.29. The number of carbonyl (C=O) groups excluding carboxylic acids is 2. The summed E-state index contributed by atoms with van der Waals surface area (Å²) in [5.74, 6) is 0.355. The molecule has 5 rings (SSSR count). The second-order valence-electron chi connectivity index (χ2n) is 10.1. The number of amides is 1. The minimum Gasteiger partial charge on any atom is -0.465 e. The van der Waals surface area contributed by atoms with Crippen LogP contribution in [0.15, 0.2) is 83.4 Å². The quantitative estimate of drug-likeness (QED) is 0.222. The molecule has 1 aliphatic carbocycles. The SMILES string of the molecule is CCOC(=O)C1(c2ccc(-c3ccc(-c4onc(C)c4NC(=O)OCCc4ccccc4)cc3)cc2)CCCC1. The van der Waals surface area contributed by atoms with Gasteiger partial charge in [-0.25, -0.2) is 4.79 Å². The maximum atomic E-state index is 12.8. The van der Waals surface area contributed by atoms with Gasteiger partial charge in [-0.1, -0.05) is 96.9 Å². The van der Waals surface area contributed by atoms with Crippen molar-refractivity contribution in [3.05, 3.63) is 95.7 Å². The highest BCUT2D eigenvalue weighted by molar-refractivity contribution is 5.91. The molecule has 0 bridgehead atoms. The van der Waals surface area contributed by atoms with Crippen molar-refractivity contribution in [1.82, 2.24) is 5.16 Å². The number of rotatable bonds is 9. The molecular weight excluding hydrogens is 504 g/mol. The first-order chi connectivity index (χ1) is 19.5. The molecule has 3 aromatic carbocycles. The molecule has 1 saturated carbocycles. The van der Waals surface area contributed by atoms with E-state index in [-0.39, 0.29) is 12.6 Å². The summed E-state index contributed by atoms with van der Waals surface area (Å²) in [4.78, 5) is 25.3. The van der Waals surface area contributed by atoms with Gasteiger partial charge in [-0.15, -0.1) is 0 Å². The fourth-order valence-corrected chi connectivity index (χ4v) is 5.41. The number of aromatic nitrogens is 1. The summed E-state index contributed by atoms with van der Waals surface area (Å²) in [5.41, 5.74) is 5.50.